The van der Waals surface area contributed by atoms with Crippen LogP contribution in [0.3, 0.4) is 0 Å². The number of benzene rings is 1. The van der Waals surface area contributed by atoms with Crippen molar-refractivity contribution in [3.63, 3.8) is 0 Å². The summed E-state index contributed by atoms with van der Waals surface area (Å²) >= 11 is 0. The molecule has 1 unspecified atom stereocenters. The number of rotatable bonds is 6. The minimum Gasteiger partial charge on any atom is -0.618 e. The average molecular weight is 552 g/mol. The van der Waals surface area contributed by atoms with Crippen molar-refractivity contribution in [3.8, 4) is 11.1 Å². The van der Waals surface area contributed by atoms with E-state index in [0.717, 1.165) is 33.7 Å². The zero-order valence-corrected chi connectivity index (χ0v) is 23.0. The molecule has 5 rings (SSSR count). The van der Waals surface area contributed by atoms with Crippen LogP contribution in [0.1, 0.15) is 53.1 Å². The number of carbonyl (C=O) groups excluding carboxylic acids is 2. The Morgan fingerprint density at radius 3 is 2.58 bits per heavy atom. The molecule has 2 N–H and O–H groups in total. The maximum absolute atomic E-state index is 14.4. The fourth-order valence-corrected chi connectivity index (χ4v) is 5.99. The van der Waals surface area contributed by atoms with Gasteiger partial charge in [0.2, 0.25) is 11.8 Å². The molecule has 1 saturated carbocycles. The van der Waals surface area contributed by atoms with Gasteiger partial charge in [-0.05, 0) is 68.1 Å². The lowest BCUT2D eigenvalue weighted by Crippen LogP contribution is -2.51. The fraction of sp³-hybridized carbons (Fsp3) is 0.433. The van der Waals surface area contributed by atoms with E-state index in [4.69, 9.17) is 0 Å². The molecule has 1 aromatic carbocycles. The van der Waals surface area contributed by atoms with Crippen molar-refractivity contribution in [2.24, 2.45) is 5.92 Å². The van der Waals surface area contributed by atoms with Gasteiger partial charge < -0.3 is 20.4 Å². The Morgan fingerprint density at radius 1 is 1.10 bits per heavy atom. The number of carbonyl (C=O) groups is 2. The Balaban J connectivity index is 1.37. The Hall–Kier alpha value is -3.79. The Kier molecular flexibility index (Phi) is 7.63. The number of fused-ring (bicyclic) bond motifs is 1. The third-order valence-corrected chi connectivity index (χ3v) is 8.15. The van der Waals surface area contributed by atoms with Crippen LogP contribution in [-0.4, -0.2) is 46.8 Å². The van der Waals surface area contributed by atoms with E-state index in [1.54, 1.807) is 43.3 Å². The van der Waals surface area contributed by atoms with Gasteiger partial charge in [0, 0.05) is 56.8 Å². The number of aromatic nitrogens is 2. The molecular weight excluding hydrogens is 516 g/mol. The molecule has 0 saturated heterocycles. The van der Waals surface area contributed by atoms with Crippen molar-refractivity contribution in [3.05, 3.63) is 76.5 Å². The number of hydrogen-bond donors (Lipinski definition) is 2. The van der Waals surface area contributed by atoms with Gasteiger partial charge in [-0.3, -0.25) is 14.5 Å². The second kappa shape index (κ2) is 11.0. The zero-order valence-electron chi connectivity index (χ0n) is 23.0. The minimum atomic E-state index is -2.88. The molecule has 8 nitrogen and oxygen atoms in total. The van der Waals surface area contributed by atoms with E-state index in [1.165, 1.54) is 6.20 Å². The van der Waals surface area contributed by atoms with Gasteiger partial charge in [0.25, 0.3) is 5.91 Å². The number of anilines is 1. The number of hydrogen-bond acceptors (Lipinski definition) is 4. The molecule has 40 heavy (non-hydrogen) atoms. The monoisotopic (exact) mass is 551 g/mol. The number of aryl methyl sites for hydroxylation is 1. The lowest BCUT2D eigenvalue weighted by molar-refractivity contribution is -0.611. The largest absolute Gasteiger partial charge is 0.618 e. The summed E-state index contributed by atoms with van der Waals surface area (Å²) in [5.74, 6) is -4.55. The highest BCUT2D eigenvalue weighted by molar-refractivity contribution is 6.01. The first-order valence-electron chi connectivity index (χ1n) is 13.7. The van der Waals surface area contributed by atoms with Crippen LogP contribution in [0.25, 0.3) is 11.1 Å². The van der Waals surface area contributed by atoms with Gasteiger partial charge in [0.15, 0.2) is 11.9 Å². The van der Waals surface area contributed by atoms with Crippen LogP contribution in [0.2, 0.25) is 0 Å². The van der Waals surface area contributed by atoms with Gasteiger partial charge in [-0.15, -0.1) is 0 Å². The van der Waals surface area contributed by atoms with Gasteiger partial charge in [-0.1, -0.05) is 12.1 Å². The highest BCUT2D eigenvalue weighted by atomic mass is 19.3. The second-order valence-corrected chi connectivity index (χ2v) is 11.1. The molecule has 1 fully saturated rings. The highest BCUT2D eigenvalue weighted by Gasteiger charge is 2.42. The summed E-state index contributed by atoms with van der Waals surface area (Å²) in [6.45, 7) is 5.80. The van der Waals surface area contributed by atoms with E-state index in [-0.39, 0.29) is 12.8 Å². The van der Waals surface area contributed by atoms with Crippen LogP contribution >= 0.6 is 0 Å². The van der Waals surface area contributed by atoms with Crippen LogP contribution in [0, 0.1) is 25.0 Å². The van der Waals surface area contributed by atoms with Gasteiger partial charge >= 0.3 is 0 Å². The lowest BCUT2D eigenvalue weighted by Gasteiger charge is -2.34. The van der Waals surface area contributed by atoms with Crippen LogP contribution in [-0.2, 0) is 17.9 Å². The summed E-state index contributed by atoms with van der Waals surface area (Å²) in [5.41, 5.74) is 5.04. The maximum atomic E-state index is 14.4. The second-order valence-electron chi connectivity index (χ2n) is 11.1. The Morgan fingerprint density at radius 2 is 1.85 bits per heavy atom. The van der Waals surface area contributed by atoms with E-state index in [0.29, 0.717) is 36.6 Å². The van der Waals surface area contributed by atoms with Crippen LogP contribution in [0.5, 0.6) is 0 Å². The Bertz CT molecular complexity index is 1420. The number of amides is 2. The third-order valence-electron chi connectivity index (χ3n) is 8.15. The van der Waals surface area contributed by atoms with Crippen molar-refractivity contribution in [1.82, 2.24) is 14.8 Å². The van der Waals surface area contributed by atoms with Gasteiger partial charge in [0.1, 0.15) is 11.7 Å². The molecule has 3 heterocycles. The van der Waals surface area contributed by atoms with E-state index in [2.05, 4.69) is 15.5 Å². The first-order valence-corrected chi connectivity index (χ1v) is 13.7. The van der Waals surface area contributed by atoms with Crippen LogP contribution < -0.4 is 15.4 Å². The number of pyridine rings is 1. The van der Waals surface area contributed by atoms with Crippen molar-refractivity contribution in [2.45, 2.75) is 64.6 Å². The van der Waals surface area contributed by atoms with Crippen LogP contribution in [0.15, 0.2) is 48.7 Å². The molecule has 2 atom stereocenters. The van der Waals surface area contributed by atoms with E-state index in [9.17, 15) is 23.6 Å². The molecule has 2 aromatic heterocycles. The van der Waals surface area contributed by atoms with E-state index < -0.39 is 36.1 Å². The first kappa shape index (κ1) is 27.8. The highest BCUT2D eigenvalue weighted by Crippen LogP contribution is 2.38. The molecule has 2 amide bonds. The summed E-state index contributed by atoms with van der Waals surface area (Å²) in [5, 5.41) is 17.7. The Labute approximate surface area is 232 Å². The lowest BCUT2D eigenvalue weighted by atomic mass is 9.81. The quantitative estimate of drug-likeness (QED) is 0.351. The number of alkyl halides is 2. The normalized spacial score (nSPS) is 19.5. The van der Waals surface area contributed by atoms with Gasteiger partial charge in [-0.25, -0.2) is 8.78 Å². The van der Waals surface area contributed by atoms with Crippen LogP contribution in [0.4, 0.5) is 14.5 Å². The maximum Gasteiger partial charge on any atom is 0.268 e. The zero-order chi connectivity index (χ0) is 28.6. The predicted octanol–water partition coefficient (Wildman–Crippen LogP) is 4.41. The molecule has 1 aliphatic carbocycles. The van der Waals surface area contributed by atoms with Crippen molar-refractivity contribution >= 4 is 17.5 Å². The summed E-state index contributed by atoms with van der Waals surface area (Å²) in [6.07, 6.45) is 1.51. The van der Waals surface area contributed by atoms with Gasteiger partial charge in [0.05, 0.1) is 5.56 Å². The van der Waals surface area contributed by atoms with Gasteiger partial charge in [-0.2, -0.15) is 4.73 Å². The third kappa shape index (κ3) is 5.72. The summed E-state index contributed by atoms with van der Waals surface area (Å²) < 4.78 is 31.5. The molecular formula is C30H35F2N5O3. The standard InChI is InChI=1S/C30H35F2N5O3/c1-19-12-14-37(40)20(2)26(19)21-6-8-23(9-7-21)33-29(39)27(22-5-4-13-30(31,32)17-22)34-28(38)25-11-10-24-18-35(3)15-16-36(24)25/h6-12,14,22,27H,4-5,13,15-18H2,1-3H3,(H,33,39)(H,34,38)/t22?,27-/m0/s1. The smallest absolute Gasteiger partial charge is 0.268 e. The number of nitrogens with zero attached hydrogens (tertiary/aromatic N) is 3. The summed E-state index contributed by atoms with van der Waals surface area (Å²) in [7, 11) is 2.01. The van der Waals surface area contributed by atoms with E-state index >= 15 is 0 Å². The molecule has 0 spiro atoms. The van der Waals surface area contributed by atoms with Crippen molar-refractivity contribution < 1.29 is 23.1 Å². The topological polar surface area (TPSA) is 93.3 Å². The molecule has 0 bridgehead atoms. The summed E-state index contributed by atoms with van der Waals surface area (Å²) in [4.78, 5) is 29.1. The molecule has 2 aliphatic rings. The molecule has 3 aromatic rings. The molecule has 1 aliphatic heterocycles. The summed E-state index contributed by atoms with van der Waals surface area (Å²) in [6, 6.07) is 11.3. The number of likely N-dealkylation sites (N-methyl/N-ethyl adjacent to an activating group) is 1. The fourth-order valence-electron chi connectivity index (χ4n) is 5.99. The molecule has 0 radical (unpaired) electrons. The average Bonchev–Trinajstić information content (AvgIpc) is 3.33. The molecule has 10 heteroatoms. The SMILES string of the molecule is Cc1cc[n+]([O-])c(C)c1-c1ccc(NC(=O)[C@@H](NC(=O)c2ccc3n2CCN(C)C3)C2CCCC(F)(F)C2)cc1. The predicted molar refractivity (Wildman–Crippen MR) is 148 cm³/mol. The van der Waals surface area contributed by atoms with Crippen molar-refractivity contribution in [2.75, 3.05) is 18.9 Å². The number of nitrogens with one attached hydrogen (secondary N) is 2. The molecule has 212 valence electrons. The minimum absolute atomic E-state index is 0.214. The van der Waals surface area contributed by atoms with E-state index in [1.807, 2.05) is 24.6 Å². The number of halogens is 2. The van der Waals surface area contributed by atoms with Crippen molar-refractivity contribution in [1.29, 1.82) is 0 Å². The first-order chi connectivity index (χ1) is 19.0.